The summed E-state index contributed by atoms with van der Waals surface area (Å²) in [7, 11) is 5.49. The van der Waals surface area contributed by atoms with Gasteiger partial charge in [0.1, 0.15) is 18.8 Å². The number of allylic oxidation sites excluding steroid dienone is 6. The third-order valence-electron chi connectivity index (χ3n) is 7.56. The van der Waals surface area contributed by atoms with E-state index in [0.717, 1.165) is 46.4 Å². The van der Waals surface area contributed by atoms with Crippen molar-refractivity contribution in [3.05, 3.63) is 137 Å². The van der Waals surface area contributed by atoms with Gasteiger partial charge in [-0.15, -0.1) is 0 Å². The van der Waals surface area contributed by atoms with Gasteiger partial charge < -0.3 is 14.8 Å². The van der Waals surface area contributed by atoms with Crippen molar-refractivity contribution in [2.45, 2.75) is 32.6 Å². The number of ether oxygens (including phenoxy) is 1. The van der Waals surface area contributed by atoms with E-state index < -0.39 is 0 Å². The standard InChI is InChI=1S/C35H33NO2.C2H7N.CH2O.2H2/c1-5-27-12-13-29(21-34(27)38-4)24(3)33-20-32(19-31-14-15-36-35(31)33)30-11-7-10-28(18-30)23(2)16-25-8-6-9-26(17-25)22-37;1-3-2;1-2;;/h6-15,17-22,24,31H,2,5,16H2,1,3-4H3;3H,1-2H3;1H2;2*1H. The lowest BCUT2D eigenvalue weighted by molar-refractivity contribution is -0.0980. The largest absolute Gasteiger partial charge is 0.496 e. The fourth-order valence-corrected chi connectivity index (χ4v) is 5.35. The molecule has 2 atom stereocenters. The summed E-state index contributed by atoms with van der Waals surface area (Å²) in [5.74, 6) is 1.28. The summed E-state index contributed by atoms with van der Waals surface area (Å²) in [5.41, 5.74) is 11.0. The number of rotatable bonds is 9. The maximum absolute atomic E-state index is 11.2. The average molecular weight is 579 g/mol. The Morgan fingerprint density at radius 3 is 2.53 bits per heavy atom. The van der Waals surface area contributed by atoms with E-state index >= 15 is 0 Å². The van der Waals surface area contributed by atoms with E-state index in [2.05, 4.69) is 86.4 Å². The summed E-state index contributed by atoms with van der Waals surface area (Å²) in [4.78, 5) is 23.9. The van der Waals surface area contributed by atoms with Gasteiger partial charge in [-0.25, -0.2) is 0 Å². The number of nitrogens with one attached hydrogen (secondary N) is 1. The van der Waals surface area contributed by atoms with E-state index in [-0.39, 0.29) is 14.7 Å². The molecule has 226 valence electrons. The summed E-state index contributed by atoms with van der Waals surface area (Å²) in [6.07, 6.45) is 11.2. The number of hydrogen-bond donors (Lipinski definition) is 1. The second kappa shape index (κ2) is 16.1. The number of aliphatic imine (C=N–C) groups is 1. The van der Waals surface area contributed by atoms with Gasteiger partial charge in [0.2, 0.25) is 0 Å². The van der Waals surface area contributed by atoms with Crippen molar-refractivity contribution in [1.82, 2.24) is 5.32 Å². The molecule has 5 heteroatoms. The lowest BCUT2D eigenvalue weighted by Gasteiger charge is -2.25. The number of aryl methyl sites for hydroxylation is 1. The second-order valence-electron chi connectivity index (χ2n) is 10.5. The molecule has 1 heterocycles. The molecule has 0 aromatic heterocycles. The number of benzene rings is 3. The topological polar surface area (TPSA) is 67.8 Å². The second-order valence-corrected chi connectivity index (χ2v) is 10.5. The molecule has 2 aliphatic rings. The Hall–Kier alpha value is -4.61. The molecular formula is C38H46N2O3. The van der Waals surface area contributed by atoms with Crippen molar-refractivity contribution in [2.24, 2.45) is 10.9 Å². The van der Waals surface area contributed by atoms with E-state index in [4.69, 9.17) is 14.5 Å². The number of hydrogen-bond acceptors (Lipinski definition) is 5. The summed E-state index contributed by atoms with van der Waals surface area (Å²) in [6.45, 7) is 10.8. The Balaban J connectivity index is 0.00000137. The van der Waals surface area contributed by atoms with Crippen LogP contribution in [-0.4, -0.2) is 40.0 Å². The number of methoxy groups -OCH3 is 1. The highest BCUT2D eigenvalue weighted by Gasteiger charge is 2.28. The Morgan fingerprint density at radius 2 is 1.84 bits per heavy atom. The quantitative estimate of drug-likeness (QED) is 0.260. The van der Waals surface area contributed by atoms with Crippen LogP contribution in [0.25, 0.3) is 11.1 Å². The van der Waals surface area contributed by atoms with Crippen molar-refractivity contribution in [3.8, 4) is 5.75 Å². The van der Waals surface area contributed by atoms with Gasteiger partial charge in [0, 0.05) is 26.5 Å². The van der Waals surface area contributed by atoms with Crippen LogP contribution >= 0.6 is 0 Å². The van der Waals surface area contributed by atoms with Gasteiger partial charge in [0.15, 0.2) is 0 Å². The Kier molecular flexibility index (Phi) is 12.3. The normalized spacial score (nSPS) is 15.3. The van der Waals surface area contributed by atoms with Crippen molar-refractivity contribution in [1.29, 1.82) is 0 Å². The highest BCUT2D eigenvalue weighted by atomic mass is 16.5. The highest BCUT2D eigenvalue weighted by Crippen LogP contribution is 2.39. The van der Waals surface area contributed by atoms with E-state index in [9.17, 15) is 4.79 Å². The van der Waals surface area contributed by atoms with Crippen LogP contribution in [0.3, 0.4) is 0 Å². The lowest BCUT2D eigenvalue weighted by atomic mass is 9.79. The number of aldehydes is 1. The molecule has 5 rings (SSSR count). The SMILES string of the molecule is C=C(Cc1cccc(C=O)c1)c1cccc(C2=CC3C=CN=C3C(C(C)c3ccc(CC)c(OC)c3)=C2)c1.C=O.CNC.[HH].[HH]. The van der Waals surface area contributed by atoms with Gasteiger partial charge >= 0.3 is 0 Å². The van der Waals surface area contributed by atoms with E-state index in [1.807, 2.05) is 51.3 Å². The minimum Gasteiger partial charge on any atom is -0.496 e. The Morgan fingerprint density at radius 1 is 1.09 bits per heavy atom. The van der Waals surface area contributed by atoms with Gasteiger partial charge in [-0.1, -0.05) is 81.1 Å². The van der Waals surface area contributed by atoms with Crippen LogP contribution in [0.15, 0.2) is 108 Å². The molecule has 1 aliphatic heterocycles. The highest BCUT2D eigenvalue weighted by molar-refractivity contribution is 6.11. The van der Waals surface area contributed by atoms with E-state index in [1.165, 1.54) is 22.3 Å². The molecule has 2 unspecified atom stereocenters. The third kappa shape index (κ3) is 8.02. The molecule has 0 spiro atoms. The van der Waals surface area contributed by atoms with Crippen molar-refractivity contribution in [3.63, 3.8) is 0 Å². The van der Waals surface area contributed by atoms with E-state index in [0.29, 0.717) is 12.0 Å². The molecule has 0 bridgehead atoms. The third-order valence-corrected chi connectivity index (χ3v) is 7.56. The summed E-state index contributed by atoms with van der Waals surface area (Å²) in [6, 6.07) is 22.9. The first-order valence-electron chi connectivity index (χ1n) is 14.5. The first-order valence-corrected chi connectivity index (χ1v) is 14.5. The van der Waals surface area contributed by atoms with Crippen LogP contribution in [0.4, 0.5) is 0 Å². The fraction of sp³-hybridized carbons (Fsp3) is 0.237. The van der Waals surface area contributed by atoms with Crippen LogP contribution in [0.2, 0.25) is 0 Å². The van der Waals surface area contributed by atoms with Gasteiger partial charge in [-0.3, -0.25) is 9.79 Å². The Labute approximate surface area is 259 Å². The minimum atomic E-state index is 0. The van der Waals surface area contributed by atoms with Crippen LogP contribution in [0.5, 0.6) is 5.75 Å². The van der Waals surface area contributed by atoms with Gasteiger partial charge in [0.05, 0.1) is 12.8 Å². The zero-order valence-electron chi connectivity index (χ0n) is 25.9. The number of fused-ring (bicyclic) bond motifs is 1. The Bertz CT molecular complexity index is 1570. The van der Waals surface area contributed by atoms with Crippen molar-refractivity contribution >= 4 is 29.9 Å². The zero-order chi connectivity index (χ0) is 31.4. The van der Waals surface area contributed by atoms with Gasteiger partial charge in [0.25, 0.3) is 0 Å². The lowest BCUT2D eigenvalue weighted by Crippen LogP contribution is -2.19. The molecule has 43 heavy (non-hydrogen) atoms. The van der Waals surface area contributed by atoms with Crippen LogP contribution in [0.1, 0.15) is 60.8 Å². The summed E-state index contributed by atoms with van der Waals surface area (Å²) in [5, 5.41) is 2.75. The summed E-state index contributed by atoms with van der Waals surface area (Å²) < 4.78 is 5.68. The van der Waals surface area contributed by atoms with Crippen LogP contribution in [0, 0.1) is 5.92 Å². The smallest absolute Gasteiger partial charge is 0.150 e. The van der Waals surface area contributed by atoms with Crippen LogP contribution in [-0.2, 0) is 17.6 Å². The average Bonchev–Trinajstić information content (AvgIpc) is 3.54. The molecule has 1 N–H and O–H groups in total. The first kappa shape index (κ1) is 32.9. The zero-order valence-corrected chi connectivity index (χ0v) is 25.9. The molecule has 3 aromatic rings. The van der Waals surface area contributed by atoms with E-state index in [1.54, 1.807) is 7.11 Å². The van der Waals surface area contributed by atoms with Crippen molar-refractivity contribution < 1.29 is 17.2 Å². The number of nitrogens with zero attached hydrogens (tertiary/aromatic N) is 1. The van der Waals surface area contributed by atoms with Crippen LogP contribution < -0.4 is 10.1 Å². The maximum Gasteiger partial charge on any atom is 0.150 e. The monoisotopic (exact) mass is 578 g/mol. The minimum absolute atomic E-state index is 0. The molecule has 0 amide bonds. The molecule has 5 nitrogen and oxygen atoms in total. The van der Waals surface area contributed by atoms with Crippen molar-refractivity contribution in [2.75, 3.05) is 21.2 Å². The molecule has 1 aliphatic carbocycles. The molecule has 3 aromatic carbocycles. The molecule has 0 saturated carbocycles. The van der Waals surface area contributed by atoms with Gasteiger partial charge in [-0.2, -0.15) is 0 Å². The fourth-order valence-electron chi connectivity index (χ4n) is 5.35. The molecular weight excluding hydrogens is 532 g/mol. The maximum atomic E-state index is 11.2. The predicted molar refractivity (Wildman–Crippen MR) is 184 cm³/mol. The molecule has 0 fully saturated rings. The summed E-state index contributed by atoms with van der Waals surface area (Å²) >= 11 is 0. The molecule has 0 radical (unpaired) electrons. The first-order chi connectivity index (χ1) is 20.9. The molecule has 0 saturated heterocycles. The number of carbonyl (C=O) groups excluding carboxylic acids is 2. The predicted octanol–water partition coefficient (Wildman–Crippen LogP) is 8.18. The number of carbonyl (C=O) groups is 2. The van der Waals surface area contributed by atoms with Gasteiger partial charge in [-0.05, 0) is 95.7 Å².